The van der Waals surface area contributed by atoms with Crippen molar-refractivity contribution in [2.75, 3.05) is 0 Å². The lowest BCUT2D eigenvalue weighted by Crippen LogP contribution is -2.22. The molecule has 2 aromatic carbocycles. The van der Waals surface area contributed by atoms with E-state index in [9.17, 15) is 15.0 Å². The van der Waals surface area contributed by atoms with E-state index in [0.717, 1.165) is 5.56 Å². The molecule has 2 rings (SSSR count). The third-order valence-electron chi connectivity index (χ3n) is 2.51. The van der Waals surface area contributed by atoms with Crippen molar-refractivity contribution < 1.29 is 15.0 Å². The lowest BCUT2D eigenvalue weighted by molar-refractivity contribution is 0.0948. The number of hydrogen-bond donors (Lipinski definition) is 3. The molecule has 4 nitrogen and oxygen atoms in total. The van der Waals surface area contributed by atoms with E-state index in [4.69, 9.17) is 0 Å². The standard InChI is InChI=1S/C14H13NO3/c16-11-5-3-4-10(8-11)9-15-14(18)12-6-1-2-7-13(12)17/h1-8,16-17H,9H2,(H,15,18). The second kappa shape index (κ2) is 5.23. The first-order valence-electron chi connectivity index (χ1n) is 5.51. The maximum atomic E-state index is 11.8. The van der Waals surface area contributed by atoms with Gasteiger partial charge in [0.15, 0.2) is 0 Å². The Morgan fingerprint density at radius 2 is 1.83 bits per heavy atom. The van der Waals surface area contributed by atoms with Gasteiger partial charge in [0.1, 0.15) is 11.5 Å². The molecule has 0 aliphatic carbocycles. The van der Waals surface area contributed by atoms with Crippen molar-refractivity contribution in [2.24, 2.45) is 0 Å². The lowest BCUT2D eigenvalue weighted by atomic mass is 10.1. The first kappa shape index (κ1) is 12.0. The molecular weight excluding hydrogens is 230 g/mol. The minimum Gasteiger partial charge on any atom is -0.508 e. The number of phenolic OH excluding ortho intramolecular Hbond substituents is 2. The van der Waals surface area contributed by atoms with Crippen LogP contribution in [0.2, 0.25) is 0 Å². The Balaban J connectivity index is 2.03. The Labute approximate surface area is 105 Å². The van der Waals surface area contributed by atoms with Crippen LogP contribution < -0.4 is 5.32 Å². The van der Waals surface area contributed by atoms with Gasteiger partial charge in [-0.3, -0.25) is 4.79 Å². The van der Waals surface area contributed by atoms with Crippen LogP contribution in [0.25, 0.3) is 0 Å². The molecule has 0 bridgehead atoms. The summed E-state index contributed by atoms with van der Waals surface area (Å²) in [6.45, 7) is 0.293. The van der Waals surface area contributed by atoms with Gasteiger partial charge >= 0.3 is 0 Å². The highest BCUT2D eigenvalue weighted by Crippen LogP contribution is 2.15. The van der Waals surface area contributed by atoms with Gasteiger partial charge in [0.2, 0.25) is 0 Å². The quantitative estimate of drug-likeness (QED) is 0.772. The Morgan fingerprint density at radius 1 is 1.06 bits per heavy atom. The van der Waals surface area contributed by atoms with Gasteiger partial charge in [0.05, 0.1) is 5.56 Å². The van der Waals surface area contributed by atoms with Gasteiger partial charge < -0.3 is 15.5 Å². The number of aromatic hydroxyl groups is 2. The number of para-hydroxylation sites is 1. The van der Waals surface area contributed by atoms with Gasteiger partial charge in [-0.1, -0.05) is 24.3 Å². The SMILES string of the molecule is O=C(NCc1cccc(O)c1)c1ccccc1O. The molecule has 0 spiro atoms. The highest BCUT2D eigenvalue weighted by Gasteiger charge is 2.09. The smallest absolute Gasteiger partial charge is 0.255 e. The van der Waals surface area contributed by atoms with Crippen molar-refractivity contribution in [2.45, 2.75) is 6.54 Å². The van der Waals surface area contributed by atoms with E-state index >= 15 is 0 Å². The summed E-state index contributed by atoms with van der Waals surface area (Å²) < 4.78 is 0. The molecule has 0 aliphatic rings. The van der Waals surface area contributed by atoms with Crippen LogP contribution in [0.5, 0.6) is 11.5 Å². The number of amides is 1. The Bertz CT molecular complexity index is 566. The van der Waals surface area contributed by atoms with E-state index in [2.05, 4.69) is 5.32 Å². The van der Waals surface area contributed by atoms with Crippen molar-refractivity contribution >= 4 is 5.91 Å². The molecule has 92 valence electrons. The summed E-state index contributed by atoms with van der Waals surface area (Å²) in [6, 6.07) is 13.0. The predicted molar refractivity (Wildman–Crippen MR) is 67.4 cm³/mol. The van der Waals surface area contributed by atoms with E-state index in [-0.39, 0.29) is 23.0 Å². The normalized spacial score (nSPS) is 10.0. The van der Waals surface area contributed by atoms with Crippen LogP contribution in [0, 0.1) is 0 Å². The zero-order chi connectivity index (χ0) is 13.0. The Kier molecular flexibility index (Phi) is 3.48. The first-order valence-corrected chi connectivity index (χ1v) is 5.51. The van der Waals surface area contributed by atoms with Gasteiger partial charge in [-0.2, -0.15) is 0 Å². The number of hydrogen-bond acceptors (Lipinski definition) is 3. The summed E-state index contributed by atoms with van der Waals surface area (Å²) in [6.07, 6.45) is 0. The molecule has 0 saturated carbocycles. The second-order valence-corrected chi connectivity index (χ2v) is 3.87. The van der Waals surface area contributed by atoms with Crippen LogP contribution in [0.15, 0.2) is 48.5 Å². The molecule has 0 aromatic heterocycles. The van der Waals surface area contributed by atoms with Crippen LogP contribution in [0.1, 0.15) is 15.9 Å². The predicted octanol–water partition coefficient (Wildman–Crippen LogP) is 2.03. The first-order chi connectivity index (χ1) is 8.66. The maximum absolute atomic E-state index is 11.8. The van der Waals surface area contributed by atoms with E-state index in [1.807, 2.05) is 0 Å². The third-order valence-corrected chi connectivity index (χ3v) is 2.51. The van der Waals surface area contributed by atoms with Crippen LogP contribution in [0.3, 0.4) is 0 Å². The van der Waals surface area contributed by atoms with E-state index < -0.39 is 0 Å². The zero-order valence-corrected chi connectivity index (χ0v) is 9.63. The molecule has 0 heterocycles. The molecule has 1 amide bonds. The molecular formula is C14H13NO3. The molecule has 18 heavy (non-hydrogen) atoms. The number of carbonyl (C=O) groups excluding carboxylic acids is 1. The lowest BCUT2D eigenvalue weighted by Gasteiger charge is -2.07. The number of carbonyl (C=O) groups is 1. The summed E-state index contributed by atoms with van der Waals surface area (Å²) in [5.74, 6) is -0.244. The molecule has 2 aromatic rings. The number of rotatable bonds is 3. The van der Waals surface area contributed by atoms with Gasteiger partial charge in [0, 0.05) is 6.54 Å². The molecule has 0 unspecified atom stereocenters. The fourth-order valence-corrected chi connectivity index (χ4v) is 1.61. The molecule has 4 heteroatoms. The molecule has 0 fully saturated rings. The summed E-state index contributed by atoms with van der Waals surface area (Å²) in [5.41, 5.74) is 1.02. The fraction of sp³-hybridized carbons (Fsp3) is 0.0714. The number of nitrogens with one attached hydrogen (secondary N) is 1. The third kappa shape index (κ3) is 2.79. The molecule has 0 radical (unpaired) electrons. The van der Waals surface area contributed by atoms with Gasteiger partial charge in [-0.15, -0.1) is 0 Å². The van der Waals surface area contributed by atoms with Crippen LogP contribution in [-0.4, -0.2) is 16.1 Å². The summed E-state index contributed by atoms with van der Waals surface area (Å²) in [4.78, 5) is 11.8. The van der Waals surface area contributed by atoms with Crippen LogP contribution in [0.4, 0.5) is 0 Å². The largest absolute Gasteiger partial charge is 0.508 e. The van der Waals surface area contributed by atoms with E-state index in [1.165, 1.54) is 6.07 Å². The maximum Gasteiger partial charge on any atom is 0.255 e. The van der Waals surface area contributed by atoms with E-state index in [1.54, 1.807) is 42.5 Å². The monoisotopic (exact) mass is 243 g/mol. The minimum absolute atomic E-state index is 0.0501. The second-order valence-electron chi connectivity index (χ2n) is 3.87. The van der Waals surface area contributed by atoms with Crippen molar-refractivity contribution in [3.05, 3.63) is 59.7 Å². The average molecular weight is 243 g/mol. The zero-order valence-electron chi connectivity index (χ0n) is 9.63. The van der Waals surface area contributed by atoms with Gasteiger partial charge in [-0.25, -0.2) is 0 Å². The van der Waals surface area contributed by atoms with Crippen LogP contribution >= 0.6 is 0 Å². The van der Waals surface area contributed by atoms with Gasteiger partial charge in [-0.05, 0) is 29.8 Å². The van der Waals surface area contributed by atoms with Crippen molar-refractivity contribution in [3.8, 4) is 11.5 Å². The highest BCUT2D eigenvalue weighted by atomic mass is 16.3. The van der Waals surface area contributed by atoms with E-state index in [0.29, 0.717) is 6.54 Å². The highest BCUT2D eigenvalue weighted by molar-refractivity contribution is 5.96. The Morgan fingerprint density at radius 3 is 2.56 bits per heavy atom. The molecule has 0 saturated heterocycles. The molecule has 0 aliphatic heterocycles. The summed E-state index contributed by atoms with van der Waals surface area (Å²) in [7, 11) is 0. The molecule has 3 N–H and O–H groups in total. The minimum atomic E-state index is -0.351. The number of phenols is 2. The van der Waals surface area contributed by atoms with Gasteiger partial charge in [0.25, 0.3) is 5.91 Å². The fourth-order valence-electron chi connectivity index (χ4n) is 1.61. The van der Waals surface area contributed by atoms with Crippen molar-refractivity contribution in [3.63, 3.8) is 0 Å². The van der Waals surface area contributed by atoms with Crippen molar-refractivity contribution in [1.29, 1.82) is 0 Å². The summed E-state index contributed by atoms with van der Waals surface area (Å²) >= 11 is 0. The van der Waals surface area contributed by atoms with Crippen molar-refractivity contribution in [1.82, 2.24) is 5.32 Å². The van der Waals surface area contributed by atoms with Crippen LogP contribution in [-0.2, 0) is 6.54 Å². The average Bonchev–Trinajstić information content (AvgIpc) is 2.37. The Hall–Kier alpha value is -2.49. The molecule has 0 atom stereocenters. The summed E-state index contributed by atoms with van der Waals surface area (Å²) in [5, 5.41) is 21.5. The topological polar surface area (TPSA) is 69.6 Å². The number of benzene rings is 2.